The van der Waals surface area contributed by atoms with E-state index in [0.29, 0.717) is 0 Å². The number of hydrogen-bond acceptors (Lipinski definition) is 3. The first-order valence-corrected chi connectivity index (χ1v) is 4.83. The van der Waals surface area contributed by atoms with Crippen LogP contribution < -0.4 is 11.2 Å². The van der Waals surface area contributed by atoms with Crippen molar-refractivity contribution in [3.8, 4) is 0 Å². The topological polar surface area (TPSA) is 61.1 Å². The summed E-state index contributed by atoms with van der Waals surface area (Å²) in [7, 11) is 2.92. The zero-order valence-corrected chi connectivity index (χ0v) is 8.69. The lowest BCUT2D eigenvalue weighted by atomic mass is 10.1. The molecule has 0 spiro atoms. The van der Waals surface area contributed by atoms with Crippen LogP contribution in [-0.4, -0.2) is 14.9 Å². The van der Waals surface area contributed by atoms with Crippen molar-refractivity contribution >= 4 is 5.78 Å². The number of Topliss-reactive ketones (excluding diaryl/α,β-unsaturated/α-hetero) is 1. The Labute approximate surface area is 86.0 Å². The Bertz CT molecular complexity index is 535. The first-order valence-electron chi connectivity index (χ1n) is 4.83. The number of carbonyl (C=O) groups excluding carboxylic acids is 1. The molecule has 80 valence electrons. The molecule has 1 aliphatic carbocycles. The molecule has 15 heavy (non-hydrogen) atoms. The molecule has 1 heterocycles. The maximum atomic E-state index is 11.7. The molecule has 5 heteroatoms. The summed E-state index contributed by atoms with van der Waals surface area (Å²) < 4.78 is 2.23. The molecule has 0 saturated heterocycles. The SMILES string of the molecule is Cn1cc(C(=O)C2CC2)c(=O)n(C)c1=O. The largest absolute Gasteiger partial charge is 0.330 e. The molecule has 2 rings (SSSR count). The Hall–Kier alpha value is -1.65. The van der Waals surface area contributed by atoms with Crippen LogP contribution in [0.3, 0.4) is 0 Å². The third-order valence-electron chi connectivity index (χ3n) is 2.66. The fourth-order valence-electron chi connectivity index (χ4n) is 1.54. The van der Waals surface area contributed by atoms with Crippen LogP contribution in [0.2, 0.25) is 0 Å². The molecule has 0 bridgehead atoms. The van der Waals surface area contributed by atoms with Crippen LogP contribution in [0.15, 0.2) is 15.8 Å². The number of nitrogens with zero attached hydrogens (tertiary/aromatic N) is 2. The standard InChI is InChI=1S/C10H12N2O3/c1-11-5-7(8(13)6-3-4-6)9(14)12(2)10(11)15/h5-6H,3-4H2,1-2H3. The van der Waals surface area contributed by atoms with E-state index in [4.69, 9.17) is 0 Å². The second-order valence-electron chi connectivity index (χ2n) is 3.94. The normalized spacial score (nSPS) is 15.3. The van der Waals surface area contributed by atoms with E-state index in [1.54, 1.807) is 0 Å². The summed E-state index contributed by atoms with van der Waals surface area (Å²) in [5, 5.41) is 0. The molecule has 1 fully saturated rings. The third kappa shape index (κ3) is 1.54. The zero-order valence-electron chi connectivity index (χ0n) is 8.69. The van der Waals surface area contributed by atoms with Crippen molar-refractivity contribution in [2.75, 3.05) is 0 Å². The molecule has 0 unspecified atom stereocenters. The maximum absolute atomic E-state index is 11.7. The zero-order chi connectivity index (χ0) is 11.2. The molecule has 1 aliphatic rings. The summed E-state index contributed by atoms with van der Waals surface area (Å²) >= 11 is 0. The van der Waals surface area contributed by atoms with Gasteiger partial charge in [-0.1, -0.05) is 0 Å². The van der Waals surface area contributed by atoms with Gasteiger partial charge in [-0.3, -0.25) is 14.2 Å². The van der Waals surface area contributed by atoms with Crippen molar-refractivity contribution in [3.63, 3.8) is 0 Å². The monoisotopic (exact) mass is 208 g/mol. The Morgan fingerprint density at radius 3 is 2.47 bits per heavy atom. The minimum absolute atomic E-state index is 0.00444. The molecule has 5 nitrogen and oxygen atoms in total. The van der Waals surface area contributed by atoms with E-state index in [-0.39, 0.29) is 17.3 Å². The molecule has 0 aliphatic heterocycles. The molecule has 1 aromatic rings. The average molecular weight is 208 g/mol. The first kappa shape index (κ1) is 9.89. The van der Waals surface area contributed by atoms with Gasteiger partial charge in [-0.2, -0.15) is 0 Å². The Morgan fingerprint density at radius 1 is 1.33 bits per heavy atom. The number of hydrogen-bond donors (Lipinski definition) is 0. The summed E-state index contributed by atoms with van der Waals surface area (Å²) in [6.45, 7) is 0. The van der Waals surface area contributed by atoms with E-state index < -0.39 is 11.2 Å². The Kier molecular flexibility index (Phi) is 2.10. The van der Waals surface area contributed by atoms with Gasteiger partial charge in [0.15, 0.2) is 5.78 Å². The minimum atomic E-state index is -0.491. The number of rotatable bonds is 2. The van der Waals surface area contributed by atoms with Gasteiger partial charge in [0, 0.05) is 26.2 Å². The van der Waals surface area contributed by atoms with E-state index in [1.165, 1.54) is 24.9 Å². The van der Waals surface area contributed by atoms with E-state index in [2.05, 4.69) is 0 Å². The lowest BCUT2D eigenvalue weighted by molar-refractivity contribution is 0.0964. The van der Waals surface area contributed by atoms with Gasteiger partial charge in [0.1, 0.15) is 0 Å². The first-order chi connectivity index (χ1) is 7.02. The van der Waals surface area contributed by atoms with Crippen LogP contribution in [0.25, 0.3) is 0 Å². The predicted molar refractivity (Wildman–Crippen MR) is 54.0 cm³/mol. The van der Waals surface area contributed by atoms with Gasteiger partial charge in [-0.05, 0) is 12.8 Å². The fraction of sp³-hybridized carbons (Fsp3) is 0.500. The number of ketones is 1. The van der Waals surface area contributed by atoms with Crippen molar-refractivity contribution in [1.29, 1.82) is 0 Å². The van der Waals surface area contributed by atoms with Gasteiger partial charge < -0.3 is 4.57 Å². The molecular weight excluding hydrogens is 196 g/mol. The van der Waals surface area contributed by atoms with E-state index in [9.17, 15) is 14.4 Å². The Morgan fingerprint density at radius 2 is 1.93 bits per heavy atom. The highest BCUT2D eigenvalue weighted by Crippen LogP contribution is 2.31. The van der Waals surface area contributed by atoms with Crippen molar-refractivity contribution in [2.45, 2.75) is 12.8 Å². The second kappa shape index (κ2) is 3.18. The van der Waals surface area contributed by atoms with Crippen molar-refractivity contribution in [1.82, 2.24) is 9.13 Å². The highest BCUT2D eigenvalue weighted by atomic mass is 16.2. The smallest absolute Gasteiger partial charge is 0.303 e. The molecule has 0 amide bonds. The van der Waals surface area contributed by atoms with Gasteiger partial charge in [-0.25, -0.2) is 4.79 Å². The van der Waals surface area contributed by atoms with E-state index in [0.717, 1.165) is 17.4 Å². The summed E-state index contributed by atoms with van der Waals surface area (Å²) in [5.74, 6) is -0.138. The number of carbonyl (C=O) groups is 1. The van der Waals surface area contributed by atoms with E-state index in [1.807, 2.05) is 0 Å². The van der Waals surface area contributed by atoms with Crippen LogP contribution in [0.5, 0.6) is 0 Å². The average Bonchev–Trinajstić information content (AvgIpc) is 3.03. The fourth-order valence-corrected chi connectivity index (χ4v) is 1.54. The molecule has 0 aromatic carbocycles. The van der Waals surface area contributed by atoms with Gasteiger partial charge in [0.05, 0.1) is 5.56 Å². The summed E-state index contributed by atoms with van der Waals surface area (Å²) in [6.07, 6.45) is 3.04. The molecule has 1 aromatic heterocycles. The highest BCUT2D eigenvalue weighted by Gasteiger charge is 2.32. The molecule has 1 saturated carbocycles. The van der Waals surface area contributed by atoms with Crippen LogP contribution >= 0.6 is 0 Å². The van der Waals surface area contributed by atoms with Crippen LogP contribution in [0.1, 0.15) is 23.2 Å². The van der Waals surface area contributed by atoms with Gasteiger partial charge >= 0.3 is 5.69 Å². The molecular formula is C10H12N2O3. The summed E-state index contributed by atoms with van der Waals surface area (Å²) in [5.41, 5.74) is -0.774. The molecule has 0 radical (unpaired) electrons. The summed E-state index contributed by atoms with van der Waals surface area (Å²) in [6, 6.07) is 0. The van der Waals surface area contributed by atoms with Crippen molar-refractivity contribution in [2.24, 2.45) is 20.0 Å². The van der Waals surface area contributed by atoms with Crippen molar-refractivity contribution in [3.05, 3.63) is 32.6 Å². The van der Waals surface area contributed by atoms with Crippen LogP contribution in [0.4, 0.5) is 0 Å². The lowest BCUT2D eigenvalue weighted by Gasteiger charge is -2.04. The third-order valence-corrected chi connectivity index (χ3v) is 2.66. The van der Waals surface area contributed by atoms with Crippen LogP contribution in [-0.2, 0) is 14.1 Å². The number of aryl methyl sites for hydroxylation is 1. The van der Waals surface area contributed by atoms with Gasteiger partial charge in [0.2, 0.25) is 0 Å². The second-order valence-corrected chi connectivity index (χ2v) is 3.94. The number of aromatic nitrogens is 2. The maximum Gasteiger partial charge on any atom is 0.330 e. The van der Waals surface area contributed by atoms with Crippen LogP contribution in [0, 0.1) is 5.92 Å². The molecule has 0 atom stereocenters. The van der Waals surface area contributed by atoms with Gasteiger partial charge in [-0.15, -0.1) is 0 Å². The predicted octanol–water partition coefficient (Wildman–Crippen LogP) is -0.323. The summed E-state index contributed by atoms with van der Waals surface area (Å²) in [4.78, 5) is 34.7. The quantitative estimate of drug-likeness (QED) is 0.625. The van der Waals surface area contributed by atoms with Gasteiger partial charge in [0.25, 0.3) is 5.56 Å². The lowest BCUT2D eigenvalue weighted by Crippen LogP contribution is -2.39. The molecule has 0 N–H and O–H groups in total. The minimum Gasteiger partial charge on any atom is -0.303 e. The van der Waals surface area contributed by atoms with Crippen molar-refractivity contribution < 1.29 is 4.79 Å². The Balaban J connectivity index is 2.62. The van der Waals surface area contributed by atoms with E-state index >= 15 is 0 Å². The highest BCUT2D eigenvalue weighted by molar-refractivity contribution is 5.98.